The minimum Gasteiger partial charge on any atom is -0.469 e. The fourth-order valence-electron chi connectivity index (χ4n) is 1.85. The summed E-state index contributed by atoms with van der Waals surface area (Å²) < 4.78 is 19.1. The van der Waals surface area contributed by atoms with Crippen molar-refractivity contribution in [2.45, 2.75) is 13.0 Å². The quantitative estimate of drug-likeness (QED) is 0.903. The topological polar surface area (TPSA) is 25.2 Å². The van der Waals surface area contributed by atoms with Gasteiger partial charge in [-0.25, -0.2) is 4.39 Å². The van der Waals surface area contributed by atoms with Crippen molar-refractivity contribution in [3.8, 4) is 0 Å². The number of halogens is 2. The molecule has 0 radical (unpaired) electrons. The maximum Gasteiger partial charge on any atom is 0.129 e. The van der Waals surface area contributed by atoms with Crippen LogP contribution in [0.4, 0.5) is 4.39 Å². The molecule has 2 nitrogen and oxygen atoms in total. The van der Waals surface area contributed by atoms with Gasteiger partial charge in [0.2, 0.25) is 0 Å². The molecule has 1 unspecified atom stereocenters. The normalized spacial score (nSPS) is 12.7. The van der Waals surface area contributed by atoms with Crippen LogP contribution in [0.15, 0.2) is 34.9 Å². The second-order valence-electron chi connectivity index (χ2n) is 3.88. The van der Waals surface area contributed by atoms with E-state index in [2.05, 4.69) is 5.32 Å². The number of rotatable bonds is 3. The van der Waals surface area contributed by atoms with Crippen molar-refractivity contribution in [1.82, 2.24) is 5.32 Å². The summed E-state index contributed by atoms with van der Waals surface area (Å²) >= 11 is 5.74. The number of nitrogens with one attached hydrogen (secondary N) is 1. The Hall–Kier alpha value is -1.32. The van der Waals surface area contributed by atoms with Gasteiger partial charge >= 0.3 is 0 Å². The molecule has 0 saturated heterocycles. The molecule has 1 N–H and O–H groups in total. The maximum atomic E-state index is 13.8. The van der Waals surface area contributed by atoms with Crippen molar-refractivity contribution in [3.05, 3.63) is 58.3 Å². The van der Waals surface area contributed by atoms with Crippen LogP contribution in [0.25, 0.3) is 0 Å². The third-order valence-corrected chi connectivity index (χ3v) is 2.88. The van der Waals surface area contributed by atoms with Gasteiger partial charge in [0.25, 0.3) is 0 Å². The second kappa shape index (κ2) is 4.90. The molecule has 90 valence electrons. The van der Waals surface area contributed by atoms with E-state index in [1.54, 1.807) is 25.4 Å². The number of aryl methyl sites for hydroxylation is 1. The summed E-state index contributed by atoms with van der Waals surface area (Å²) in [7, 11) is 1.78. The Labute approximate surface area is 104 Å². The lowest BCUT2D eigenvalue weighted by Gasteiger charge is -2.15. The highest BCUT2D eigenvalue weighted by molar-refractivity contribution is 6.30. The Kier molecular flexibility index (Phi) is 3.50. The predicted molar refractivity (Wildman–Crippen MR) is 65.8 cm³/mol. The fourth-order valence-corrected chi connectivity index (χ4v) is 2.01. The Morgan fingerprint density at radius 1 is 1.35 bits per heavy atom. The molecule has 0 bridgehead atoms. The summed E-state index contributed by atoms with van der Waals surface area (Å²) in [6, 6.07) is 6.33. The predicted octanol–water partition coefficient (Wildman–Crippen LogP) is 3.69. The van der Waals surface area contributed by atoms with Crippen LogP contribution in [0.5, 0.6) is 0 Å². The van der Waals surface area contributed by atoms with Crippen molar-refractivity contribution in [2.75, 3.05) is 7.05 Å². The van der Waals surface area contributed by atoms with E-state index in [9.17, 15) is 4.39 Å². The van der Waals surface area contributed by atoms with E-state index in [1.165, 1.54) is 6.07 Å². The fraction of sp³-hybridized carbons (Fsp3) is 0.231. The number of hydrogen-bond acceptors (Lipinski definition) is 2. The maximum absolute atomic E-state index is 13.8. The van der Waals surface area contributed by atoms with Gasteiger partial charge in [-0.05, 0) is 32.2 Å². The SMILES string of the molecule is CNC(c1coc(C)c1)c1ccc(Cl)cc1F. The molecule has 2 aromatic rings. The lowest BCUT2D eigenvalue weighted by atomic mass is 10.0. The zero-order valence-electron chi connectivity index (χ0n) is 9.63. The van der Waals surface area contributed by atoms with E-state index < -0.39 is 0 Å². The molecule has 1 heterocycles. The number of hydrogen-bond donors (Lipinski definition) is 1. The van der Waals surface area contributed by atoms with E-state index in [0.29, 0.717) is 10.6 Å². The number of benzene rings is 1. The van der Waals surface area contributed by atoms with Crippen LogP contribution in [-0.2, 0) is 0 Å². The lowest BCUT2D eigenvalue weighted by Crippen LogP contribution is -2.18. The first-order valence-electron chi connectivity index (χ1n) is 5.29. The van der Waals surface area contributed by atoms with Crippen LogP contribution in [0.2, 0.25) is 5.02 Å². The first-order chi connectivity index (χ1) is 8.11. The molecule has 0 aliphatic heterocycles. The zero-order valence-corrected chi connectivity index (χ0v) is 10.4. The van der Waals surface area contributed by atoms with Crippen LogP contribution in [0.3, 0.4) is 0 Å². The first kappa shape index (κ1) is 12.1. The van der Waals surface area contributed by atoms with Gasteiger partial charge in [-0.1, -0.05) is 17.7 Å². The summed E-state index contributed by atoms with van der Waals surface area (Å²) in [6.45, 7) is 1.86. The summed E-state index contributed by atoms with van der Waals surface area (Å²) in [4.78, 5) is 0. The highest BCUT2D eigenvalue weighted by atomic mass is 35.5. The van der Waals surface area contributed by atoms with Gasteiger partial charge in [-0.2, -0.15) is 0 Å². The third kappa shape index (κ3) is 2.51. The summed E-state index contributed by atoms with van der Waals surface area (Å²) in [5, 5.41) is 3.46. The Balaban J connectivity index is 2.42. The average Bonchev–Trinajstić information content (AvgIpc) is 2.69. The second-order valence-corrected chi connectivity index (χ2v) is 4.31. The van der Waals surface area contributed by atoms with Gasteiger partial charge in [0.05, 0.1) is 12.3 Å². The summed E-state index contributed by atoms with van der Waals surface area (Å²) in [5.41, 5.74) is 1.45. The average molecular weight is 254 g/mol. The molecular formula is C13H13ClFNO. The van der Waals surface area contributed by atoms with Crippen LogP contribution < -0.4 is 5.32 Å². The van der Waals surface area contributed by atoms with Crippen LogP contribution >= 0.6 is 11.6 Å². The summed E-state index contributed by atoms with van der Waals surface area (Å²) in [6.07, 6.45) is 1.63. The molecular weight excluding hydrogens is 241 g/mol. The van der Waals surface area contributed by atoms with E-state index in [0.717, 1.165) is 11.3 Å². The lowest BCUT2D eigenvalue weighted by molar-refractivity contribution is 0.524. The van der Waals surface area contributed by atoms with Crippen LogP contribution in [0.1, 0.15) is 22.9 Å². The van der Waals surface area contributed by atoms with Gasteiger partial charge in [0.15, 0.2) is 0 Å². The molecule has 1 atom stereocenters. The van der Waals surface area contributed by atoms with Crippen molar-refractivity contribution < 1.29 is 8.81 Å². The molecule has 17 heavy (non-hydrogen) atoms. The van der Waals surface area contributed by atoms with Gasteiger partial charge in [-0.3, -0.25) is 0 Å². The Bertz CT molecular complexity index is 524. The largest absolute Gasteiger partial charge is 0.469 e. The smallest absolute Gasteiger partial charge is 0.129 e. The highest BCUT2D eigenvalue weighted by Crippen LogP contribution is 2.27. The van der Waals surface area contributed by atoms with Crippen LogP contribution in [-0.4, -0.2) is 7.05 Å². The molecule has 0 fully saturated rings. The molecule has 0 amide bonds. The van der Waals surface area contributed by atoms with Crippen LogP contribution in [0, 0.1) is 12.7 Å². The molecule has 4 heteroatoms. The van der Waals surface area contributed by atoms with Gasteiger partial charge in [0, 0.05) is 16.1 Å². The van der Waals surface area contributed by atoms with Crippen molar-refractivity contribution in [3.63, 3.8) is 0 Å². The van der Waals surface area contributed by atoms with Gasteiger partial charge in [-0.15, -0.1) is 0 Å². The molecule has 0 aliphatic carbocycles. The Morgan fingerprint density at radius 3 is 2.65 bits per heavy atom. The zero-order chi connectivity index (χ0) is 12.4. The van der Waals surface area contributed by atoms with Crippen molar-refractivity contribution in [2.24, 2.45) is 0 Å². The minimum atomic E-state index is -0.323. The third-order valence-electron chi connectivity index (χ3n) is 2.65. The Morgan fingerprint density at radius 2 is 2.12 bits per heavy atom. The molecule has 0 spiro atoms. The van der Waals surface area contributed by atoms with Gasteiger partial charge < -0.3 is 9.73 Å². The number of furan rings is 1. The van der Waals surface area contributed by atoms with Crippen molar-refractivity contribution in [1.29, 1.82) is 0 Å². The highest BCUT2D eigenvalue weighted by Gasteiger charge is 2.17. The standard InChI is InChI=1S/C13H13ClFNO/c1-8-5-9(7-17-8)13(16-2)11-4-3-10(14)6-12(11)15/h3-7,13,16H,1-2H3. The molecule has 2 rings (SSSR count). The molecule has 0 saturated carbocycles. The molecule has 1 aromatic carbocycles. The summed E-state index contributed by atoms with van der Waals surface area (Å²) in [5.74, 6) is 0.477. The van der Waals surface area contributed by atoms with E-state index in [1.807, 2.05) is 13.0 Å². The van der Waals surface area contributed by atoms with E-state index >= 15 is 0 Å². The monoisotopic (exact) mass is 253 g/mol. The molecule has 0 aliphatic rings. The van der Waals surface area contributed by atoms with Gasteiger partial charge in [0.1, 0.15) is 11.6 Å². The van der Waals surface area contributed by atoms with E-state index in [4.69, 9.17) is 16.0 Å². The molecule has 1 aromatic heterocycles. The van der Waals surface area contributed by atoms with Crippen molar-refractivity contribution >= 4 is 11.6 Å². The van der Waals surface area contributed by atoms with E-state index in [-0.39, 0.29) is 11.9 Å². The first-order valence-corrected chi connectivity index (χ1v) is 5.67. The minimum absolute atomic E-state index is 0.232.